The maximum atomic E-state index is 13.1. The second-order valence-corrected chi connectivity index (χ2v) is 10.9. The summed E-state index contributed by atoms with van der Waals surface area (Å²) in [6, 6.07) is 7.25. The zero-order valence-electron chi connectivity index (χ0n) is 20.6. The number of hydrogen-bond acceptors (Lipinski definition) is 6. The van der Waals surface area contributed by atoms with Crippen molar-refractivity contribution in [2.45, 2.75) is 45.6 Å². The number of Topliss-reactive ketones (excluding diaryl/α,β-unsaturated/α-hetero) is 1. The highest BCUT2D eigenvalue weighted by Crippen LogP contribution is 2.37. The molecule has 1 aliphatic rings. The Bertz CT molecular complexity index is 1210. The molecule has 0 unspecified atom stereocenters. The van der Waals surface area contributed by atoms with E-state index < -0.39 is 0 Å². The first-order chi connectivity index (χ1) is 16.6. The Labute approximate surface area is 216 Å². The first kappa shape index (κ1) is 25.7. The minimum absolute atomic E-state index is 0.0334. The molecule has 0 amide bonds. The number of pyridine rings is 2. The van der Waals surface area contributed by atoms with Gasteiger partial charge in [-0.2, -0.15) is 0 Å². The number of anilines is 1. The molecular weight excluding hydrogens is 483 g/mol. The van der Waals surface area contributed by atoms with E-state index in [1.807, 2.05) is 26.0 Å². The molecule has 0 radical (unpaired) electrons. The van der Waals surface area contributed by atoms with Gasteiger partial charge in [0.25, 0.3) is 0 Å². The lowest BCUT2D eigenvalue weighted by molar-refractivity contribution is 0.0940. The Hall–Kier alpha value is -2.41. The van der Waals surface area contributed by atoms with Crippen molar-refractivity contribution >= 4 is 45.7 Å². The van der Waals surface area contributed by atoms with Crippen LogP contribution in [0.1, 0.15) is 49.9 Å². The molecule has 6 nitrogen and oxygen atoms in total. The zero-order chi connectivity index (χ0) is 25.3. The summed E-state index contributed by atoms with van der Waals surface area (Å²) in [4.78, 5) is 24.8. The Morgan fingerprint density at radius 1 is 1.14 bits per heavy atom. The summed E-state index contributed by atoms with van der Waals surface area (Å²) in [7, 11) is 4.24. The van der Waals surface area contributed by atoms with Crippen LogP contribution in [0.4, 0.5) is 5.69 Å². The van der Waals surface area contributed by atoms with Crippen LogP contribution in [0.25, 0.3) is 22.3 Å². The molecule has 0 saturated heterocycles. The van der Waals surface area contributed by atoms with Crippen LogP contribution in [0.5, 0.6) is 5.75 Å². The summed E-state index contributed by atoms with van der Waals surface area (Å²) in [6.07, 6.45) is 6.05. The number of nitrogens with one attached hydrogen (secondary N) is 1. The minimum atomic E-state index is -0.163. The zero-order valence-corrected chi connectivity index (χ0v) is 22.1. The van der Waals surface area contributed by atoms with Crippen LogP contribution in [-0.4, -0.2) is 52.4 Å². The van der Waals surface area contributed by atoms with Crippen LogP contribution in [0.15, 0.2) is 30.5 Å². The van der Waals surface area contributed by atoms with E-state index in [9.17, 15) is 9.90 Å². The number of rotatable bonds is 7. The van der Waals surface area contributed by atoms with Crippen molar-refractivity contribution < 1.29 is 9.90 Å². The number of halogens is 2. The van der Waals surface area contributed by atoms with Gasteiger partial charge in [0.05, 0.1) is 32.5 Å². The maximum absolute atomic E-state index is 13.1. The largest absolute Gasteiger partial charge is 0.505 e. The van der Waals surface area contributed by atoms with Crippen LogP contribution in [0.3, 0.4) is 0 Å². The number of fused-ring (bicyclic) bond motifs is 1. The number of ketones is 1. The molecule has 1 saturated carbocycles. The summed E-state index contributed by atoms with van der Waals surface area (Å²) in [5, 5.41) is 13.9. The highest BCUT2D eigenvalue weighted by atomic mass is 35.5. The SMILES string of the molecule is CC(C)C(=O)c1cnc2ccc(-c3cc(Cl)c(O)c(Cl)c3)nc2c1NC1CCC(CN(C)C)CC1. The fourth-order valence-electron chi connectivity index (χ4n) is 4.79. The molecule has 0 bridgehead atoms. The molecule has 1 fully saturated rings. The topological polar surface area (TPSA) is 78.3 Å². The molecule has 3 aromatic rings. The van der Waals surface area contributed by atoms with Crippen LogP contribution in [-0.2, 0) is 0 Å². The molecule has 0 spiro atoms. The van der Waals surface area contributed by atoms with Gasteiger partial charge in [-0.15, -0.1) is 0 Å². The predicted octanol–water partition coefficient (Wildman–Crippen LogP) is 6.68. The van der Waals surface area contributed by atoms with E-state index in [-0.39, 0.29) is 33.5 Å². The van der Waals surface area contributed by atoms with Gasteiger partial charge in [-0.3, -0.25) is 9.78 Å². The molecule has 4 rings (SSSR count). The van der Waals surface area contributed by atoms with E-state index in [4.69, 9.17) is 28.2 Å². The van der Waals surface area contributed by atoms with E-state index >= 15 is 0 Å². The maximum Gasteiger partial charge on any atom is 0.169 e. The number of carbonyl (C=O) groups is 1. The predicted molar refractivity (Wildman–Crippen MR) is 144 cm³/mol. The number of nitrogens with zero attached hydrogens (tertiary/aromatic N) is 3. The Morgan fingerprint density at radius 3 is 2.40 bits per heavy atom. The van der Waals surface area contributed by atoms with Crippen molar-refractivity contribution in [3.8, 4) is 17.0 Å². The summed E-state index contributed by atoms with van der Waals surface area (Å²) in [5.41, 5.74) is 3.96. The average Bonchev–Trinajstić information content (AvgIpc) is 2.82. The highest BCUT2D eigenvalue weighted by Gasteiger charge is 2.25. The van der Waals surface area contributed by atoms with Gasteiger partial charge in [-0.05, 0) is 70.0 Å². The van der Waals surface area contributed by atoms with Crippen LogP contribution in [0, 0.1) is 11.8 Å². The van der Waals surface area contributed by atoms with Crippen molar-refractivity contribution in [2.75, 3.05) is 26.0 Å². The van der Waals surface area contributed by atoms with Crippen molar-refractivity contribution in [2.24, 2.45) is 11.8 Å². The Kier molecular flexibility index (Phi) is 7.84. The number of carbonyl (C=O) groups excluding carboxylic acids is 1. The van der Waals surface area contributed by atoms with E-state index in [0.717, 1.165) is 37.9 Å². The van der Waals surface area contributed by atoms with Crippen molar-refractivity contribution in [1.29, 1.82) is 0 Å². The standard InChI is InChI=1S/C27H32Cl2N4O2/c1-15(2)26(34)19-13-30-23-10-9-22(17-11-20(28)27(35)21(29)12-17)32-25(23)24(19)31-18-7-5-16(6-8-18)14-33(3)4/h9-13,15-16,18,35H,5-8,14H2,1-4H3,(H,30,31). The smallest absolute Gasteiger partial charge is 0.169 e. The van der Waals surface area contributed by atoms with Gasteiger partial charge in [-0.25, -0.2) is 4.98 Å². The Morgan fingerprint density at radius 2 is 1.80 bits per heavy atom. The van der Waals surface area contributed by atoms with Gasteiger partial charge < -0.3 is 15.3 Å². The van der Waals surface area contributed by atoms with Gasteiger partial charge in [-0.1, -0.05) is 37.0 Å². The van der Waals surface area contributed by atoms with Gasteiger partial charge in [0.2, 0.25) is 0 Å². The third kappa shape index (κ3) is 5.71. The molecular formula is C27H32Cl2N4O2. The second-order valence-electron chi connectivity index (χ2n) is 10.0. The molecule has 2 aromatic heterocycles. The van der Waals surface area contributed by atoms with Crippen LogP contribution >= 0.6 is 23.2 Å². The van der Waals surface area contributed by atoms with Crippen LogP contribution < -0.4 is 5.32 Å². The number of benzene rings is 1. The number of phenolic OH excluding ortho intramolecular Hbond substituents is 1. The van der Waals surface area contributed by atoms with Gasteiger partial charge in [0.1, 0.15) is 5.52 Å². The van der Waals surface area contributed by atoms with E-state index in [2.05, 4.69) is 29.3 Å². The van der Waals surface area contributed by atoms with Gasteiger partial charge >= 0.3 is 0 Å². The minimum Gasteiger partial charge on any atom is -0.505 e. The summed E-state index contributed by atoms with van der Waals surface area (Å²) < 4.78 is 0. The molecule has 2 N–H and O–H groups in total. The van der Waals surface area contributed by atoms with E-state index in [1.54, 1.807) is 18.3 Å². The first-order valence-corrected chi connectivity index (χ1v) is 12.8. The van der Waals surface area contributed by atoms with Gasteiger partial charge in [0.15, 0.2) is 11.5 Å². The third-order valence-corrected chi connectivity index (χ3v) is 7.21. The van der Waals surface area contributed by atoms with E-state index in [0.29, 0.717) is 33.8 Å². The number of aromatic hydroxyl groups is 1. The lowest BCUT2D eigenvalue weighted by Gasteiger charge is -2.32. The average molecular weight is 515 g/mol. The van der Waals surface area contributed by atoms with Crippen molar-refractivity contribution in [3.05, 3.63) is 46.1 Å². The molecule has 8 heteroatoms. The molecule has 1 aromatic carbocycles. The lowest BCUT2D eigenvalue weighted by atomic mass is 9.85. The van der Waals surface area contributed by atoms with Crippen molar-refractivity contribution in [3.63, 3.8) is 0 Å². The summed E-state index contributed by atoms with van der Waals surface area (Å²) in [5.74, 6) is 0.411. The molecule has 1 aliphatic carbocycles. The summed E-state index contributed by atoms with van der Waals surface area (Å²) in [6.45, 7) is 4.89. The second kappa shape index (κ2) is 10.7. The fraction of sp³-hybridized carbons (Fsp3) is 0.444. The summed E-state index contributed by atoms with van der Waals surface area (Å²) >= 11 is 12.3. The van der Waals surface area contributed by atoms with Crippen LogP contribution in [0.2, 0.25) is 10.0 Å². The molecule has 2 heterocycles. The number of aromatic nitrogens is 2. The molecule has 0 atom stereocenters. The third-order valence-electron chi connectivity index (χ3n) is 6.63. The highest BCUT2D eigenvalue weighted by molar-refractivity contribution is 6.37. The first-order valence-electron chi connectivity index (χ1n) is 12.1. The Balaban J connectivity index is 1.75. The number of hydrogen-bond donors (Lipinski definition) is 2. The molecule has 186 valence electrons. The van der Waals surface area contributed by atoms with Gasteiger partial charge in [0, 0.05) is 30.3 Å². The van der Waals surface area contributed by atoms with Crippen molar-refractivity contribution in [1.82, 2.24) is 14.9 Å². The lowest BCUT2D eigenvalue weighted by Crippen LogP contribution is -2.31. The quantitative estimate of drug-likeness (QED) is 0.342. The fourth-order valence-corrected chi connectivity index (χ4v) is 5.28. The monoisotopic (exact) mass is 514 g/mol. The molecule has 0 aliphatic heterocycles. The molecule has 35 heavy (non-hydrogen) atoms. The van der Waals surface area contributed by atoms with E-state index in [1.165, 1.54) is 0 Å². The number of phenols is 1. The normalized spacial score (nSPS) is 18.4.